The normalized spacial score (nSPS) is 22.0. The third kappa shape index (κ3) is 4.28. The van der Waals surface area contributed by atoms with Gasteiger partial charge >= 0.3 is 0 Å². The summed E-state index contributed by atoms with van der Waals surface area (Å²) in [5.41, 5.74) is 0. The fraction of sp³-hybridized carbons (Fsp3) is 0.611. The lowest BCUT2D eigenvalue weighted by Crippen LogP contribution is -2.53. The number of nitrogens with zero attached hydrogens (tertiary/aromatic N) is 3. The largest absolute Gasteiger partial charge is 0.495 e. The molecule has 2 fully saturated rings. The Labute approximate surface area is 171 Å². The van der Waals surface area contributed by atoms with Crippen LogP contribution in [0.25, 0.3) is 0 Å². The Balaban J connectivity index is 1.66. The maximum atomic E-state index is 13.1. The first-order chi connectivity index (χ1) is 13.4. The zero-order chi connectivity index (χ0) is 20.3. The molecule has 2 saturated heterocycles. The second-order valence-electron chi connectivity index (χ2n) is 6.86. The minimum absolute atomic E-state index is 0.0682. The summed E-state index contributed by atoms with van der Waals surface area (Å²) < 4.78 is 37.8. The van der Waals surface area contributed by atoms with Gasteiger partial charge in [-0.15, -0.1) is 0 Å². The van der Waals surface area contributed by atoms with Gasteiger partial charge in [0.25, 0.3) is 0 Å². The van der Waals surface area contributed by atoms with Gasteiger partial charge in [-0.1, -0.05) is 11.6 Å². The number of piperazine rings is 1. The predicted molar refractivity (Wildman–Crippen MR) is 105 cm³/mol. The highest BCUT2D eigenvalue weighted by molar-refractivity contribution is 7.89. The molecule has 0 saturated carbocycles. The van der Waals surface area contributed by atoms with Gasteiger partial charge in [0.2, 0.25) is 15.9 Å². The second kappa shape index (κ2) is 8.96. The molecule has 1 unspecified atom stereocenters. The number of amides is 1. The summed E-state index contributed by atoms with van der Waals surface area (Å²) in [6, 6.07) is 4.38. The van der Waals surface area contributed by atoms with Crippen molar-refractivity contribution in [1.82, 2.24) is 14.1 Å². The number of rotatable bonds is 7. The van der Waals surface area contributed by atoms with Gasteiger partial charge in [0.15, 0.2) is 0 Å². The summed E-state index contributed by atoms with van der Waals surface area (Å²) in [4.78, 5) is 16.6. The van der Waals surface area contributed by atoms with E-state index in [1.165, 1.54) is 17.5 Å². The van der Waals surface area contributed by atoms with Crippen molar-refractivity contribution in [3.05, 3.63) is 23.2 Å². The van der Waals surface area contributed by atoms with E-state index in [1.807, 2.05) is 4.90 Å². The number of methoxy groups -OCH3 is 2. The van der Waals surface area contributed by atoms with Crippen LogP contribution in [0.5, 0.6) is 5.75 Å². The van der Waals surface area contributed by atoms with E-state index >= 15 is 0 Å². The zero-order valence-corrected chi connectivity index (χ0v) is 17.7. The topological polar surface area (TPSA) is 79.4 Å². The van der Waals surface area contributed by atoms with Crippen molar-refractivity contribution in [2.45, 2.75) is 17.4 Å². The first-order valence-corrected chi connectivity index (χ1v) is 11.1. The monoisotopic (exact) mass is 431 g/mol. The Morgan fingerprint density at radius 1 is 1.14 bits per heavy atom. The highest BCUT2D eigenvalue weighted by Crippen LogP contribution is 2.30. The number of hydrogen-bond donors (Lipinski definition) is 0. The zero-order valence-electron chi connectivity index (χ0n) is 16.1. The predicted octanol–water partition coefficient (Wildman–Crippen LogP) is 0.902. The van der Waals surface area contributed by atoms with Crippen LogP contribution in [-0.2, 0) is 19.6 Å². The van der Waals surface area contributed by atoms with E-state index in [2.05, 4.69) is 4.90 Å². The lowest BCUT2D eigenvalue weighted by atomic mass is 10.2. The van der Waals surface area contributed by atoms with Crippen molar-refractivity contribution < 1.29 is 22.7 Å². The van der Waals surface area contributed by atoms with Crippen LogP contribution in [0.1, 0.15) is 6.42 Å². The minimum Gasteiger partial charge on any atom is -0.495 e. The maximum Gasteiger partial charge on any atom is 0.246 e. The molecular weight excluding hydrogens is 406 g/mol. The van der Waals surface area contributed by atoms with Crippen molar-refractivity contribution in [1.29, 1.82) is 0 Å². The van der Waals surface area contributed by atoms with Gasteiger partial charge in [0.05, 0.1) is 19.8 Å². The van der Waals surface area contributed by atoms with Gasteiger partial charge in [-0.2, -0.15) is 4.31 Å². The molecule has 1 amide bonds. The number of sulfonamides is 1. The van der Waals surface area contributed by atoms with Crippen molar-refractivity contribution >= 4 is 27.5 Å². The fourth-order valence-electron chi connectivity index (χ4n) is 3.73. The molecule has 0 aromatic heterocycles. The molecule has 156 valence electrons. The third-order valence-electron chi connectivity index (χ3n) is 5.29. The number of benzene rings is 1. The van der Waals surface area contributed by atoms with Crippen molar-refractivity contribution in [2.24, 2.45) is 0 Å². The summed E-state index contributed by atoms with van der Waals surface area (Å²) in [7, 11) is -0.676. The first-order valence-electron chi connectivity index (χ1n) is 9.24. The maximum absolute atomic E-state index is 13.1. The van der Waals surface area contributed by atoms with Gasteiger partial charge in [0, 0.05) is 51.4 Å². The van der Waals surface area contributed by atoms with Crippen molar-refractivity contribution in [2.75, 3.05) is 60.1 Å². The molecule has 0 aliphatic carbocycles. The first kappa shape index (κ1) is 21.3. The lowest BCUT2D eigenvalue weighted by molar-refractivity contribution is -0.133. The number of likely N-dealkylation sites (tertiary alicyclic amines) is 1. The standard InChI is InChI=1S/C18H26ClN3O5S/c1-26-12-11-21-6-5-15(18(21)23)20-7-9-22(10-8-20)28(24,25)17-13-14(19)3-4-16(17)27-2/h3-4,13,15H,5-12H2,1-2H3. The Kier molecular flexibility index (Phi) is 6.82. The van der Waals surface area contributed by atoms with Gasteiger partial charge in [-0.3, -0.25) is 9.69 Å². The van der Waals surface area contributed by atoms with Gasteiger partial charge in [0.1, 0.15) is 10.6 Å². The van der Waals surface area contributed by atoms with E-state index in [0.29, 0.717) is 50.9 Å². The quantitative estimate of drug-likeness (QED) is 0.638. The summed E-state index contributed by atoms with van der Waals surface area (Å²) in [6.07, 6.45) is 0.761. The van der Waals surface area contributed by atoms with Gasteiger partial charge in [-0.25, -0.2) is 8.42 Å². The van der Waals surface area contributed by atoms with Crippen LogP contribution in [0.2, 0.25) is 5.02 Å². The average molecular weight is 432 g/mol. The SMILES string of the molecule is COCCN1CCC(N2CCN(S(=O)(=O)c3cc(Cl)ccc3OC)CC2)C1=O. The van der Waals surface area contributed by atoms with E-state index in [-0.39, 0.29) is 22.6 Å². The number of hydrogen-bond acceptors (Lipinski definition) is 6. The number of ether oxygens (including phenoxy) is 2. The fourth-order valence-corrected chi connectivity index (χ4v) is 5.57. The van der Waals surface area contributed by atoms with Crippen molar-refractivity contribution in [3.8, 4) is 5.75 Å². The molecule has 3 rings (SSSR count). The molecule has 10 heteroatoms. The molecule has 0 N–H and O–H groups in total. The Morgan fingerprint density at radius 3 is 2.50 bits per heavy atom. The Bertz CT molecular complexity index is 811. The molecule has 2 aliphatic heterocycles. The Hall–Kier alpha value is -1.39. The number of carbonyl (C=O) groups excluding carboxylic acids is 1. The van der Waals surface area contributed by atoms with Crippen LogP contribution in [0.4, 0.5) is 0 Å². The molecule has 1 aromatic rings. The molecule has 2 aliphatic rings. The molecule has 1 atom stereocenters. The summed E-state index contributed by atoms with van der Waals surface area (Å²) in [5.74, 6) is 0.372. The van der Waals surface area contributed by atoms with E-state index in [0.717, 1.165) is 6.42 Å². The summed E-state index contributed by atoms with van der Waals surface area (Å²) in [6.45, 7) is 3.48. The van der Waals surface area contributed by atoms with E-state index in [4.69, 9.17) is 21.1 Å². The molecule has 0 bridgehead atoms. The van der Waals surface area contributed by atoms with Crippen LogP contribution >= 0.6 is 11.6 Å². The van der Waals surface area contributed by atoms with Crippen LogP contribution in [-0.4, -0.2) is 94.6 Å². The van der Waals surface area contributed by atoms with Crippen LogP contribution in [0, 0.1) is 0 Å². The van der Waals surface area contributed by atoms with E-state index in [1.54, 1.807) is 19.2 Å². The second-order valence-corrected chi connectivity index (χ2v) is 9.20. The lowest BCUT2D eigenvalue weighted by Gasteiger charge is -2.36. The van der Waals surface area contributed by atoms with E-state index in [9.17, 15) is 13.2 Å². The molecule has 0 spiro atoms. The van der Waals surface area contributed by atoms with E-state index < -0.39 is 10.0 Å². The van der Waals surface area contributed by atoms with Gasteiger partial charge in [-0.05, 0) is 24.6 Å². The minimum atomic E-state index is -3.73. The molecule has 2 heterocycles. The molecular formula is C18H26ClN3O5S. The summed E-state index contributed by atoms with van der Waals surface area (Å²) in [5, 5.41) is 0.339. The average Bonchev–Trinajstić information content (AvgIpc) is 3.06. The highest BCUT2D eigenvalue weighted by atomic mass is 35.5. The van der Waals surface area contributed by atoms with Crippen molar-refractivity contribution in [3.63, 3.8) is 0 Å². The molecule has 0 radical (unpaired) electrons. The summed E-state index contributed by atoms with van der Waals surface area (Å²) >= 11 is 6.00. The Morgan fingerprint density at radius 2 is 1.86 bits per heavy atom. The molecule has 8 nitrogen and oxygen atoms in total. The van der Waals surface area contributed by atoms with Crippen LogP contribution < -0.4 is 4.74 Å². The molecule has 28 heavy (non-hydrogen) atoms. The van der Waals surface area contributed by atoms with Gasteiger partial charge < -0.3 is 14.4 Å². The van der Waals surface area contributed by atoms with Crippen LogP contribution in [0.3, 0.4) is 0 Å². The highest BCUT2D eigenvalue weighted by Gasteiger charge is 2.39. The third-order valence-corrected chi connectivity index (χ3v) is 7.45. The van der Waals surface area contributed by atoms with Crippen LogP contribution in [0.15, 0.2) is 23.1 Å². The molecule has 1 aromatic carbocycles. The number of carbonyl (C=O) groups is 1. The smallest absolute Gasteiger partial charge is 0.246 e. The number of halogens is 1.